The predicted molar refractivity (Wildman–Crippen MR) is 66.7 cm³/mol. The first-order chi connectivity index (χ1) is 9.15. The maximum Gasteiger partial charge on any atom is 0.330 e. The maximum atomic E-state index is 11.7. The average molecular weight is 265 g/mol. The lowest BCUT2D eigenvalue weighted by molar-refractivity contribution is -0.144. The molecule has 2 heterocycles. The van der Waals surface area contributed by atoms with E-state index in [1.165, 1.54) is 7.11 Å². The summed E-state index contributed by atoms with van der Waals surface area (Å²) in [5.74, 6) is -0.632. The number of nitrogens with zero attached hydrogens (tertiary/aromatic N) is 2. The summed E-state index contributed by atoms with van der Waals surface area (Å²) < 4.78 is 10.0. The number of methoxy groups -OCH3 is 1. The minimum absolute atomic E-state index is 0.196. The smallest absolute Gasteiger partial charge is 0.330 e. The van der Waals surface area contributed by atoms with Crippen molar-refractivity contribution in [2.45, 2.75) is 6.04 Å². The molecule has 1 unspecified atom stereocenters. The number of pyridine rings is 1. The highest BCUT2D eigenvalue weighted by molar-refractivity contribution is 5.98. The summed E-state index contributed by atoms with van der Waals surface area (Å²) in [5.41, 5.74) is 5.60. The molecular weight excluding hydrogens is 250 g/mol. The van der Waals surface area contributed by atoms with Gasteiger partial charge in [0, 0.05) is 12.7 Å². The van der Waals surface area contributed by atoms with Gasteiger partial charge >= 0.3 is 5.97 Å². The Morgan fingerprint density at radius 1 is 1.58 bits per heavy atom. The molecule has 1 aliphatic heterocycles. The summed E-state index contributed by atoms with van der Waals surface area (Å²) in [6.07, 6.45) is 1.55. The Bertz CT molecular complexity index is 492. The Balaban J connectivity index is 2.37. The van der Waals surface area contributed by atoms with Crippen molar-refractivity contribution in [2.75, 3.05) is 31.8 Å². The number of hydrogen-bond acceptors (Lipinski definition) is 6. The van der Waals surface area contributed by atoms with Gasteiger partial charge in [-0.25, -0.2) is 9.78 Å². The van der Waals surface area contributed by atoms with E-state index >= 15 is 0 Å². The van der Waals surface area contributed by atoms with E-state index in [0.717, 1.165) is 0 Å². The molecule has 1 aromatic heterocycles. The molecule has 1 aromatic rings. The lowest BCUT2D eigenvalue weighted by Crippen LogP contribution is -2.51. The number of anilines is 1. The van der Waals surface area contributed by atoms with E-state index < -0.39 is 17.9 Å². The van der Waals surface area contributed by atoms with Crippen LogP contribution in [-0.2, 0) is 14.3 Å². The summed E-state index contributed by atoms with van der Waals surface area (Å²) in [6, 6.07) is 2.58. The van der Waals surface area contributed by atoms with E-state index in [-0.39, 0.29) is 12.2 Å². The number of carbonyl (C=O) groups excluding carboxylic acids is 2. The number of nitrogens with two attached hydrogens (primary N) is 1. The zero-order valence-corrected chi connectivity index (χ0v) is 10.5. The van der Waals surface area contributed by atoms with Crippen LogP contribution in [0.1, 0.15) is 10.4 Å². The molecule has 2 N–H and O–H groups in total. The van der Waals surface area contributed by atoms with Gasteiger partial charge in [0.2, 0.25) is 0 Å². The summed E-state index contributed by atoms with van der Waals surface area (Å²) in [6.45, 7) is 1.08. The van der Waals surface area contributed by atoms with Gasteiger partial charge in [-0.2, -0.15) is 0 Å². The largest absolute Gasteiger partial charge is 0.467 e. The summed E-state index contributed by atoms with van der Waals surface area (Å²) >= 11 is 0. The standard InChI is InChI=1S/C12H15N3O4/c1-18-12(17)9-7-19-6-5-15(9)11-8(10(13)16)3-2-4-14-11/h2-4,9H,5-7H2,1H3,(H2,13,16). The highest BCUT2D eigenvalue weighted by Gasteiger charge is 2.33. The molecule has 0 spiro atoms. The molecule has 7 nitrogen and oxygen atoms in total. The molecule has 0 radical (unpaired) electrons. The number of hydrogen-bond donors (Lipinski definition) is 1. The maximum absolute atomic E-state index is 11.7. The van der Waals surface area contributed by atoms with E-state index in [2.05, 4.69) is 4.98 Å². The lowest BCUT2D eigenvalue weighted by Gasteiger charge is -2.35. The van der Waals surface area contributed by atoms with Crippen molar-refractivity contribution in [1.29, 1.82) is 0 Å². The van der Waals surface area contributed by atoms with Crippen LogP contribution in [0.4, 0.5) is 5.82 Å². The number of rotatable bonds is 3. The van der Waals surface area contributed by atoms with Gasteiger partial charge in [0.1, 0.15) is 5.82 Å². The number of amides is 1. The highest BCUT2D eigenvalue weighted by Crippen LogP contribution is 2.22. The first-order valence-corrected chi connectivity index (χ1v) is 5.82. The number of morpholine rings is 1. The SMILES string of the molecule is COC(=O)C1COCCN1c1ncccc1C(N)=O. The Labute approximate surface area is 110 Å². The van der Waals surface area contributed by atoms with Crippen LogP contribution >= 0.6 is 0 Å². The third-order valence-electron chi connectivity index (χ3n) is 2.93. The molecule has 19 heavy (non-hydrogen) atoms. The van der Waals surface area contributed by atoms with Gasteiger partial charge in [-0.1, -0.05) is 0 Å². The number of primary amides is 1. The Kier molecular flexibility index (Phi) is 3.96. The predicted octanol–water partition coefficient (Wildman–Crippen LogP) is -0.441. The molecule has 7 heteroatoms. The first-order valence-electron chi connectivity index (χ1n) is 5.82. The zero-order chi connectivity index (χ0) is 13.8. The van der Waals surface area contributed by atoms with Crippen molar-refractivity contribution in [3.63, 3.8) is 0 Å². The van der Waals surface area contributed by atoms with E-state index in [4.69, 9.17) is 15.2 Å². The molecule has 1 aliphatic rings. The van der Waals surface area contributed by atoms with Gasteiger partial charge in [-0.15, -0.1) is 0 Å². The van der Waals surface area contributed by atoms with E-state index in [1.807, 2.05) is 0 Å². The monoisotopic (exact) mass is 265 g/mol. The molecule has 1 amide bonds. The minimum Gasteiger partial charge on any atom is -0.467 e. The fourth-order valence-electron chi connectivity index (χ4n) is 2.01. The Hall–Kier alpha value is -2.15. The fraction of sp³-hybridized carbons (Fsp3) is 0.417. The second-order valence-electron chi connectivity index (χ2n) is 4.05. The lowest BCUT2D eigenvalue weighted by atomic mass is 10.1. The molecule has 102 valence electrons. The van der Waals surface area contributed by atoms with Crippen molar-refractivity contribution >= 4 is 17.7 Å². The average Bonchev–Trinajstić information content (AvgIpc) is 2.46. The molecule has 0 aromatic carbocycles. The fourth-order valence-corrected chi connectivity index (χ4v) is 2.01. The minimum atomic E-state index is -0.619. The van der Waals surface area contributed by atoms with Crippen LogP contribution in [0.2, 0.25) is 0 Å². The molecule has 0 saturated carbocycles. The third-order valence-corrected chi connectivity index (χ3v) is 2.93. The number of aromatic nitrogens is 1. The van der Waals surface area contributed by atoms with Crippen molar-refractivity contribution in [2.24, 2.45) is 5.73 Å². The quantitative estimate of drug-likeness (QED) is 0.744. The number of carbonyl (C=O) groups is 2. The summed E-state index contributed by atoms with van der Waals surface area (Å²) in [5, 5.41) is 0. The van der Waals surface area contributed by atoms with E-state index in [9.17, 15) is 9.59 Å². The Morgan fingerprint density at radius 2 is 2.37 bits per heavy atom. The van der Waals surface area contributed by atoms with E-state index in [1.54, 1.807) is 23.2 Å². The topological polar surface area (TPSA) is 94.8 Å². The van der Waals surface area contributed by atoms with Crippen molar-refractivity contribution in [3.05, 3.63) is 23.9 Å². The molecule has 0 bridgehead atoms. The normalized spacial score (nSPS) is 19.0. The van der Waals surface area contributed by atoms with Gasteiger partial charge in [0.15, 0.2) is 6.04 Å². The molecule has 0 aliphatic carbocycles. The Morgan fingerprint density at radius 3 is 3.05 bits per heavy atom. The number of esters is 1. The van der Waals surface area contributed by atoms with Gasteiger partial charge in [-0.05, 0) is 12.1 Å². The van der Waals surface area contributed by atoms with Crippen LogP contribution in [0, 0.1) is 0 Å². The highest BCUT2D eigenvalue weighted by atomic mass is 16.5. The molecule has 2 rings (SSSR count). The van der Waals surface area contributed by atoms with Crippen molar-refractivity contribution < 1.29 is 19.1 Å². The summed E-state index contributed by atoms with van der Waals surface area (Å²) in [4.78, 5) is 29.0. The van der Waals surface area contributed by atoms with Crippen LogP contribution in [0.5, 0.6) is 0 Å². The van der Waals surface area contributed by atoms with Crippen LogP contribution < -0.4 is 10.6 Å². The van der Waals surface area contributed by atoms with Gasteiger partial charge in [0.25, 0.3) is 5.91 Å². The molecule has 1 saturated heterocycles. The number of ether oxygens (including phenoxy) is 2. The van der Waals surface area contributed by atoms with Crippen LogP contribution in [-0.4, -0.2) is 49.8 Å². The summed E-state index contributed by atoms with van der Waals surface area (Å²) in [7, 11) is 1.31. The second-order valence-corrected chi connectivity index (χ2v) is 4.05. The second kappa shape index (κ2) is 5.66. The molecule has 1 atom stereocenters. The van der Waals surface area contributed by atoms with Crippen LogP contribution in [0.3, 0.4) is 0 Å². The molecule has 1 fully saturated rings. The van der Waals surface area contributed by atoms with Crippen LogP contribution in [0.25, 0.3) is 0 Å². The van der Waals surface area contributed by atoms with Gasteiger partial charge < -0.3 is 20.1 Å². The molecular formula is C12H15N3O4. The first kappa shape index (κ1) is 13.3. The van der Waals surface area contributed by atoms with Gasteiger partial charge in [-0.3, -0.25) is 4.79 Å². The van der Waals surface area contributed by atoms with Gasteiger partial charge in [0.05, 0.1) is 25.9 Å². The van der Waals surface area contributed by atoms with E-state index in [0.29, 0.717) is 19.0 Å². The van der Waals surface area contributed by atoms with Crippen molar-refractivity contribution in [3.8, 4) is 0 Å². The third kappa shape index (κ3) is 2.65. The van der Waals surface area contributed by atoms with Crippen LogP contribution in [0.15, 0.2) is 18.3 Å². The van der Waals surface area contributed by atoms with Crippen molar-refractivity contribution in [1.82, 2.24) is 4.98 Å². The zero-order valence-electron chi connectivity index (χ0n) is 10.5.